The second-order valence-corrected chi connectivity index (χ2v) is 3.57. The van der Waals surface area contributed by atoms with Crippen LogP contribution in [0.15, 0.2) is 4.99 Å². The standard InChI is InChI=1S/C10H20N2O/c1-2-5-10(11)12-8-9-6-3-4-7-13-9/h9H,2-8H2,1H3,(H2,11,12). The van der Waals surface area contributed by atoms with Gasteiger partial charge in [0.2, 0.25) is 0 Å². The second kappa shape index (κ2) is 5.97. The van der Waals surface area contributed by atoms with E-state index in [9.17, 15) is 0 Å². The summed E-state index contributed by atoms with van der Waals surface area (Å²) in [7, 11) is 0. The SMILES string of the molecule is CCCC(N)=NCC1CCCCO1. The summed E-state index contributed by atoms with van der Waals surface area (Å²) in [5.74, 6) is 0.775. The topological polar surface area (TPSA) is 47.6 Å². The predicted octanol–water partition coefficient (Wildman–Crippen LogP) is 1.71. The van der Waals surface area contributed by atoms with E-state index in [0.717, 1.165) is 38.2 Å². The molecule has 0 amide bonds. The molecule has 3 heteroatoms. The Balaban J connectivity index is 2.19. The molecule has 0 saturated carbocycles. The highest BCUT2D eigenvalue weighted by Crippen LogP contribution is 2.12. The summed E-state index contributed by atoms with van der Waals surface area (Å²) in [5.41, 5.74) is 5.70. The molecule has 0 aromatic heterocycles. The summed E-state index contributed by atoms with van der Waals surface area (Å²) in [5, 5.41) is 0. The molecular formula is C10H20N2O. The molecule has 0 aromatic carbocycles. The van der Waals surface area contributed by atoms with Gasteiger partial charge < -0.3 is 10.5 Å². The van der Waals surface area contributed by atoms with E-state index in [1.165, 1.54) is 12.8 Å². The Labute approximate surface area is 80.4 Å². The van der Waals surface area contributed by atoms with Gasteiger partial charge in [-0.1, -0.05) is 6.92 Å². The number of nitrogens with zero attached hydrogens (tertiary/aromatic N) is 1. The van der Waals surface area contributed by atoms with Gasteiger partial charge in [-0.2, -0.15) is 0 Å². The van der Waals surface area contributed by atoms with Gasteiger partial charge in [-0.3, -0.25) is 4.99 Å². The molecular weight excluding hydrogens is 164 g/mol. The molecule has 1 heterocycles. The summed E-state index contributed by atoms with van der Waals surface area (Å²) >= 11 is 0. The van der Waals surface area contributed by atoms with Crippen LogP contribution in [0.25, 0.3) is 0 Å². The lowest BCUT2D eigenvalue weighted by atomic mass is 10.1. The third kappa shape index (κ3) is 4.27. The lowest BCUT2D eigenvalue weighted by Gasteiger charge is -2.20. The van der Waals surface area contributed by atoms with Crippen LogP contribution in [0.4, 0.5) is 0 Å². The van der Waals surface area contributed by atoms with E-state index >= 15 is 0 Å². The quantitative estimate of drug-likeness (QED) is 0.534. The molecule has 76 valence electrons. The van der Waals surface area contributed by atoms with Gasteiger partial charge in [-0.15, -0.1) is 0 Å². The minimum absolute atomic E-state index is 0.323. The molecule has 0 bridgehead atoms. The third-order valence-electron chi connectivity index (χ3n) is 2.28. The number of rotatable bonds is 4. The molecule has 0 aliphatic carbocycles. The largest absolute Gasteiger partial charge is 0.387 e. The summed E-state index contributed by atoms with van der Waals surface area (Å²) in [4.78, 5) is 4.31. The Morgan fingerprint density at radius 1 is 1.54 bits per heavy atom. The van der Waals surface area contributed by atoms with Gasteiger partial charge in [-0.05, 0) is 25.7 Å². The maximum Gasteiger partial charge on any atom is 0.0938 e. The molecule has 1 aliphatic heterocycles. The maximum absolute atomic E-state index is 5.70. The molecule has 1 saturated heterocycles. The van der Waals surface area contributed by atoms with Crippen molar-refractivity contribution in [3.63, 3.8) is 0 Å². The van der Waals surface area contributed by atoms with Crippen molar-refractivity contribution in [1.29, 1.82) is 0 Å². The first-order valence-corrected chi connectivity index (χ1v) is 5.23. The smallest absolute Gasteiger partial charge is 0.0938 e. The average Bonchev–Trinajstić information content (AvgIpc) is 2.17. The molecule has 0 radical (unpaired) electrons. The zero-order chi connectivity index (χ0) is 9.52. The zero-order valence-electron chi connectivity index (χ0n) is 8.46. The molecule has 1 aliphatic rings. The van der Waals surface area contributed by atoms with Crippen LogP contribution in [-0.4, -0.2) is 25.1 Å². The first kappa shape index (κ1) is 10.5. The molecule has 2 N–H and O–H groups in total. The van der Waals surface area contributed by atoms with Crippen molar-refractivity contribution >= 4 is 5.84 Å². The van der Waals surface area contributed by atoms with Crippen molar-refractivity contribution in [1.82, 2.24) is 0 Å². The number of hydrogen-bond acceptors (Lipinski definition) is 2. The van der Waals surface area contributed by atoms with Crippen molar-refractivity contribution in [2.45, 2.75) is 45.1 Å². The minimum atomic E-state index is 0.323. The number of aliphatic imine (C=N–C) groups is 1. The van der Waals surface area contributed by atoms with E-state index in [1.54, 1.807) is 0 Å². The van der Waals surface area contributed by atoms with Crippen molar-refractivity contribution in [3.05, 3.63) is 0 Å². The summed E-state index contributed by atoms with van der Waals surface area (Å²) in [6.07, 6.45) is 5.92. The van der Waals surface area contributed by atoms with E-state index < -0.39 is 0 Å². The van der Waals surface area contributed by atoms with Crippen LogP contribution in [0.3, 0.4) is 0 Å². The highest BCUT2D eigenvalue weighted by atomic mass is 16.5. The molecule has 1 atom stereocenters. The molecule has 3 nitrogen and oxygen atoms in total. The normalized spacial score (nSPS) is 24.7. The number of hydrogen-bond donors (Lipinski definition) is 1. The van der Waals surface area contributed by atoms with Gasteiger partial charge in [-0.25, -0.2) is 0 Å². The first-order valence-electron chi connectivity index (χ1n) is 5.23. The van der Waals surface area contributed by atoms with Crippen LogP contribution in [0.2, 0.25) is 0 Å². The molecule has 1 fully saturated rings. The second-order valence-electron chi connectivity index (χ2n) is 3.57. The molecule has 0 spiro atoms. The number of ether oxygens (including phenoxy) is 1. The Kier molecular flexibility index (Phi) is 4.83. The van der Waals surface area contributed by atoms with E-state index in [0.29, 0.717) is 6.10 Å². The van der Waals surface area contributed by atoms with E-state index in [4.69, 9.17) is 10.5 Å². The Morgan fingerprint density at radius 2 is 2.38 bits per heavy atom. The van der Waals surface area contributed by atoms with Crippen LogP contribution in [0, 0.1) is 0 Å². The fourth-order valence-corrected chi connectivity index (χ4v) is 1.51. The average molecular weight is 184 g/mol. The monoisotopic (exact) mass is 184 g/mol. The molecule has 1 unspecified atom stereocenters. The van der Waals surface area contributed by atoms with Crippen molar-refractivity contribution in [2.75, 3.05) is 13.2 Å². The van der Waals surface area contributed by atoms with E-state index in [1.807, 2.05) is 0 Å². The number of amidine groups is 1. The van der Waals surface area contributed by atoms with Gasteiger partial charge in [0.1, 0.15) is 0 Å². The molecule has 1 rings (SSSR count). The Hall–Kier alpha value is -0.570. The third-order valence-corrected chi connectivity index (χ3v) is 2.28. The van der Waals surface area contributed by atoms with E-state index in [-0.39, 0.29) is 0 Å². The van der Waals surface area contributed by atoms with Gasteiger partial charge in [0.15, 0.2) is 0 Å². The summed E-state index contributed by atoms with van der Waals surface area (Å²) in [6, 6.07) is 0. The summed E-state index contributed by atoms with van der Waals surface area (Å²) in [6.45, 7) is 3.76. The molecule has 0 aromatic rings. The van der Waals surface area contributed by atoms with Crippen LogP contribution in [0.1, 0.15) is 39.0 Å². The number of nitrogens with two attached hydrogens (primary N) is 1. The fourth-order valence-electron chi connectivity index (χ4n) is 1.51. The van der Waals surface area contributed by atoms with E-state index in [2.05, 4.69) is 11.9 Å². The minimum Gasteiger partial charge on any atom is -0.387 e. The van der Waals surface area contributed by atoms with Gasteiger partial charge in [0.25, 0.3) is 0 Å². The first-order chi connectivity index (χ1) is 6.33. The van der Waals surface area contributed by atoms with Gasteiger partial charge >= 0.3 is 0 Å². The fraction of sp³-hybridized carbons (Fsp3) is 0.900. The lowest BCUT2D eigenvalue weighted by molar-refractivity contribution is 0.0225. The highest BCUT2D eigenvalue weighted by molar-refractivity contribution is 5.80. The van der Waals surface area contributed by atoms with Crippen LogP contribution in [-0.2, 0) is 4.74 Å². The molecule has 13 heavy (non-hydrogen) atoms. The Bertz CT molecular complexity index is 162. The van der Waals surface area contributed by atoms with Gasteiger partial charge in [0, 0.05) is 13.0 Å². The van der Waals surface area contributed by atoms with Crippen LogP contribution >= 0.6 is 0 Å². The van der Waals surface area contributed by atoms with Crippen molar-refractivity contribution in [2.24, 2.45) is 10.7 Å². The Morgan fingerprint density at radius 3 is 3.00 bits per heavy atom. The van der Waals surface area contributed by atoms with Crippen molar-refractivity contribution < 1.29 is 4.74 Å². The van der Waals surface area contributed by atoms with Crippen molar-refractivity contribution in [3.8, 4) is 0 Å². The van der Waals surface area contributed by atoms with Crippen LogP contribution in [0.5, 0.6) is 0 Å². The zero-order valence-corrected chi connectivity index (χ0v) is 8.46. The van der Waals surface area contributed by atoms with Gasteiger partial charge in [0.05, 0.1) is 18.5 Å². The lowest BCUT2D eigenvalue weighted by Crippen LogP contribution is -2.23. The predicted molar refractivity (Wildman–Crippen MR) is 55.0 cm³/mol. The maximum atomic E-state index is 5.70. The highest BCUT2D eigenvalue weighted by Gasteiger charge is 2.12. The van der Waals surface area contributed by atoms with Crippen LogP contribution < -0.4 is 5.73 Å². The summed E-state index contributed by atoms with van der Waals surface area (Å²) < 4.78 is 5.54.